The number of fused-ring (bicyclic) bond motifs is 3. The molecule has 0 spiro atoms. The summed E-state index contributed by atoms with van der Waals surface area (Å²) in [6, 6.07) is 33.6. The molecule has 0 fully saturated rings. The molecule has 4 heteroatoms. The van der Waals surface area contributed by atoms with Gasteiger partial charge in [-0.2, -0.15) is 0 Å². The van der Waals surface area contributed by atoms with Gasteiger partial charge in [-0.25, -0.2) is 9.97 Å². The molecule has 0 aliphatic carbocycles. The fourth-order valence-electron chi connectivity index (χ4n) is 4.11. The van der Waals surface area contributed by atoms with Gasteiger partial charge in [-0.1, -0.05) is 66.4 Å². The smallest absolute Gasteiger partial charge is 0.137 e. The summed E-state index contributed by atoms with van der Waals surface area (Å²) in [7, 11) is 0. The Balaban J connectivity index is 1.50. The molecule has 3 nitrogen and oxygen atoms in total. The highest BCUT2D eigenvalue weighted by Crippen LogP contribution is 2.35. The van der Waals surface area contributed by atoms with Gasteiger partial charge in [0, 0.05) is 28.1 Å². The summed E-state index contributed by atoms with van der Waals surface area (Å²) >= 11 is 1.66. The lowest BCUT2D eigenvalue weighted by molar-refractivity contribution is 1.08. The Morgan fingerprint density at radius 1 is 0.656 bits per heavy atom. The molecule has 0 radical (unpaired) electrons. The first kappa shape index (κ1) is 17.8. The van der Waals surface area contributed by atoms with Crippen LogP contribution in [0.5, 0.6) is 0 Å². The van der Waals surface area contributed by atoms with Crippen LogP contribution in [0.1, 0.15) is 1.37 Å². The summed E-state index contributed by atoms with van der Waals surface area (Å²) < 4.78 is 9.99. The average Bonchev–Trinajstić information content (AvgIpc) is 3.19. The SMILES string of the molecule is [2H]c1ccc(-n2c3ccccc3c3ccc(-c4cccc(Sc5ccccn5)c4)cc32)nc1. The van der Waals surface area contributed by atoms with E-state index >= 15 is 0 Å². The van der Waals surface area contributed by atoms with Gasteiger partial charge in [0.2, 0.25) is 0 Å². The number of hydrogen-bond donors (Lipinski definition) is 0. The average molecular weight is 431 g/mol. The first-order chi connectivity index (χ1) is 16.3. The number of aromatic nitrogens is 3. The standard InChI is InChI=1S/C28H19N3S/c1-2-11-25-23(10-1)24-15-14-21(19-26(24)31(25)27-12-3-5-16-29-27)20-8-7-9-22(18-20)32-28-13-4-6-17-30-28/h1-19H/i5D. The summed E-state index contributed by atoms with van der Waals surface area (Å²) in [5, 5.41) is 3.36. The van der Waals surface area contributed by atoms with E-state index in [1.165, 1.54) is 10.8 Å². The molecule has 0 saturated heterocycles. The van der Waals surface area contributed by atoms with Crippen molar-refractivity contribution in [3.8, 4) is 16.9 Å². The van der Waals surface area contributed by atoms with Gasteiger partial charge in [-0.15, -0.1) is 0 Å². The van der Waals surface area contributed by atoms with E-state index in [4.69, 9.17) is 1.37 Å². The third-order valence-electron chi connectivity index (χ3n) is 5.53. The molecule has 0 saturated carbocycles. The number of hydrogen-bond acceptors (Lipinski definition) is 3. The van der Waals surface area contributed by atoms with Crippen LogP contribution in [-0.2, 0) is 0 Å². The van der Waals surface area contributed by atoms with Crippen LogP contribution in [0, 0.1) is 0 Å². The Kier molecular flexibility index (Phi) is 4.43. The van der Waals surface area contributed by atoms with E-state index in [1.807, 2.05) is 30.5 Å². The van der Waals surface area contributed by atoms with E-state index in [1.54, 1.807) is 24.0 Å². The molecule has 0 N–H and O–H groups in total. The van der Waals surface area contributed by atoms with Crippen LogP contribution in [0.15, 0.2) is 125 Å². The largest absolute Gasteiger partial charge is 0.294 e. The summed E-state index contributed by atoms with van der Waals surface area (Å²) in [6.45, 7) is 0. The molecular weight excluding hydrogens is 410 g/mol. The van der Waals surface area contributed by atoms with E-state index in [9.17, 15) is 0 Å². The fraction of sp³-hybridized carbons (Fsp3) is 0. The maximum Gasteiger partial charge on any atom is 0.137 e. The first-order valence-electron chi connectivity index (χ1n) is 10.9. The second-order valence-corrected chi connectivity index (χ2v) is 8.59. The van der Waals surface area contributed by atoms with Crippen molar-refractivity contribution in [2.24, 2.45) is 0 Å². The lowest BCUT2D eigenvalue weighted by atomic mass is 10.0. The minimum absolute atomic E-state index is 0.405. The zero-order valence-corrected chi connectivity index (χ0v) is 18.0. The maximum atomic E-state index is 7.81. The van der Waals surface area contributed by atoms with Crippen LogP contribution in [-0.4, -0.2) is 14.5 Å². The normalized spacial score (nSPS) is 11.7. The van der Waals surface area contributed by atoms with Crippen molar-refractivity contribution in [3.05, 3.63) is 115 Å². The fourth-order valence-corrected chi connectivity index (χ4v) is 4.94. The molecule has 0 aliphatic heterocycles. The van der Waals surface area contributed by atoms with Gasteiger partial charge in [0.25, 0.3) is 0 Å². The topological polar surface area (TPSA) is 30.7 Å². The molecule has 152 valence electrons. The Morgan fingerprint density at radius 2 is 1.53 bits per heavy atom. The van der Waals surface area contributed by atoms with E-state index in [-0.39, 0.29) is 0 Å². The van der Waals surface area contributed by atoms with Crippen LogP contribution >= 0.6 is 11.8 Å². The Hall–Kier alpha value is -3.89. The Morgan fingerprint density at radius 3 is 2.41 bits per heavy atom. The van der Waals surface area contributed by atoms with E-state index in [0.29, 0.717) is 6.04 Å². The molecule has 6 rings (SSSR count). The summed E-state index contributed by atoms with van der Waals surface area (Å²) in [5.74, 6) is 0.814. The van der Waals surface area contributed by atoms with Crippen LogP contribution in [0.3, 0.4) is 0 Å². The van der Waals surface area contributed by atoms with Gasteiger partial charge in [0.05, 0.1) is 12.4 Å². The number of pyridine rings is 2. The van der Waals surface area contributed by atoms with Gasteiger partial charge in [0.15, 0.2) is 0 Å². The van der Waals surface area contributed by atoms with Crippen molar-refractivity contribution in [1.82, 2.24) is 14.5 Å². The minimum atomic E-state index is 0.405. The van der Waals surface area contributed by atoms with Crippen molar-refractivity contribution in [1.29, 1.82) is 0 Å². The van der Waals surface area contributed by atoms with E-state index in [2.05, 4.69) is 81.3 Å². The van der Waals surface area contributed by atoms with Crippen molar-refractivity contribution < 1.29 is 1.37 Å². The van der Waals surface area contributed by atoms with Crippen LogP contribution in [0.4, 0.5) is 0 Å². The third kappa shape index (κ3) is 3.35. The van der Waals surface area contributed by atoms with Crippen molar-refractivity contribution in [2.45, 2.75) is 9.92 Å². The molecule has 32 heavy (non-hydrogen) atoms. The lowest BCUT2D eigenvalue weighted by Crippen LogP contribution is -1.96. The monoisotopic (exact) mass is 430 g/mol. The number of nitrogens with zero attached hydrogens (tertiary/aromatic N) is 3. The molecule has 3 heterocycles. The first-order valence-corrected chi connectivity index (χ1v) is 11.2. The van der Waals surface area contributed by atoms with Gasteiger partial charge < -0.3 is 0 Å². The number of benzene rings is 3. The quantitative estimate of drug-likeness (QED) is 0.292. The number of rotatable bonds is 4. The maximum absolute atomic E-state index is 7.81. The predicted octanol–water partition coefficient (Wildman–Crippen LogP) is 7.39. The Bertz CT molecular complexity index is 1590. The summed E-state index contributed by atoms with van der Waals surface area (Å²) in [4.78, 5) is 10.1. The molecule has 0 amide bonds. The highest BCUT2D eigenvalue weighted by atomic mass is 32.2. The molecule has 3 aromatic carbocycles. The van der Waals surface area contributed by atoms with Crippen LogP contribution < -0.4 is 0 Å². The van der Waals surface area contributed by atoms with E-state index < -0.39 is 0 Å². The zero-order valence-electron chi connectivity index (χ0n) is 18.1. The van der Waals surface area contributed by atoms with Gasteiger partial charge in [-0.3, -0.25) is 4.57 Å². The van der Waals surface area contributed by atoms with Gasteiger partial charge >= 0.3 is 0 Å². The zero-order chi connectivity index (χ0) is 22.2. The van der Waals surface area contributed by atoms with Crippen molar-refractivity contribution >= 4 is 33.6 Å². The second-order valence-electron chi connectivity index (χ2n) is 7.50. The molecule has 6 aromatic rings. The predicted molar refractivity (Wildman–Crippen MR) is 132 cm³/mol. The molecule has 0 aliphatic rings. The van der Waals surface area contributed by atoms with Crippen molar-refractivity contribution in [3.63, 3.8) is 0 Å². The summed E-state index contributed by atoms with van der Waals surface area (Å²) in [6.07, 6.45) is 3.42. The van der Waals surface area contributed by atoms with E-state index in [0.717, 1.165) is 37.9 Å². The molecular formula is C28H19N3S. The molecule has 0 unspecified atom stereocenters. The number of para-hydroxylation sites is 1. The van der Waals surface area contributed by atoms with Crippen LogP contribution in [0.2, 0.25) is 0 Å². The highest BCUT2D eigenvalue weighted by Gasteiger charge is 2.13. The third-order valence-corrected chi connectivity index (χ3v) is 6.47. The second kappa shape index (κ2) is 7.98. The lowest BCUT2D eigenvalue weighted by Gasteiger charge is -2.09. The van der Waals surface area contributed by atoms with Crippen molar-refractivity contribution in [2.75, 3.05) is 0 Å². The molecule has 0 bridgehead atoms. The van der Waals surface area contributed by atoms with Gasteiger partial charge in [0.1, 0.15) is 10.8 Å². The molecule has 0 atom stereocenters. The van der Waals surface area contributed by atoms with Crippen LogP contribution in [0.25, 0.3) is 38.8 Å². The molecule has 3 aromatic heterocycles. The summed E-state index contributed by atoms with van der Waals surface area (Å²) in [5.41, 5.74) is 4.51. The Labute approximate surface area is 191 Å². The minimum Gasteiger partial charge on any atom is -0.294 e. The highest BCUT2D eigenvalue weighted by molar-refractivity contribution is 7.99. The van der Waals surface area contributed by atoms with Gasteiger partial charge in [-0.05, 0) is 59.6 Å².